The van der Waals surface area contributed by atoms with Gasteiger partial charge < -0.3 is 10.3 Å². The summed E-state index contributed by atoms with van der Waals surface area (Å²) in [6, 6.07) is 13.7. The molecular formula is C27H25N5O2. The number of hydrogen-bond acceptors (Lipinski definition) is 4. The van der Waals surface area contributed by atoms with Gasteiger partial charge in [-0.25, -0.2) is 5.43 Å². The molecule has 1 saturated carbocycles. The van der Waals surface area contributed by atoms with Crippen molar-refractivity contribution in [3.8, 4) is 11.8 Å². The Labute approximate surface area is 197 Å². The van der Waals surface area contributed by atoms with Crippen LogP contribution in [0.4, 0.5) is 5.69 Å². The number of benzene rings is 2. The van der Waals surface area contributed by atoms with Crippen molar-refractivity contribution in [2.45, 2.75) is 25.2 Å². The summed E-state index contributed by atoms with van der Waals surface area (Å²) in [5, 5.41) is 7.87. The number of anilines is 1. The molecule has 0 bridgehead atoms. The van der Waals surface area contributed by atoms with E-state index >= 15 is 0 Å². The van der Waals surface area contributed by atoms with E-state index in [4.69, 9.17) is 0 Å². The Kier molecular flexibility index (Phi) is 5.16. The summed E-state index contributed by atoms with van der Waals surface area (Å²) in [5.74, 6) is 6.35. The van der Waals surface area contributed by atoms with Gasteiger partial charge in [0.05, 0.1) is 24.0 Å². The number of aromatic nitrogens is 1. The number of amides is 2. The zero-order chi connectivity index (χ0) is 23.1. The first-order valence-electron chi connectivity index (χ1n) is 11.8. The highest BCUT2D eigenvalue weighted by molar-refractivity contribution is 6.16. The van der Waals surface area contributed by atoms with Gasteiger partial charge in [0, 0.05) is 28.1 Å². The minimum Gasteiger partial charge on any atom is -0.347 e. The Bertz CT molecular complexity index is 1370. The Morgan fingerprint density at radius 1 is 1.18 bits per heavy atom. The fourth-order valence-corrected chi connectivity index (χ4v) is 5.02. The van der Waals surface area contributed by atoms with Crippen LogP contribution in [0.15, 0.2) is 47.6 Å². The molecule has 0 radical (unpaired) electrons. The molecule has 2 aromatic carbocycles. The van der Waals surface area contributed by atoms with E-state index in [9.17, 15) is 9.59 Å². The van der Waals surface area contributed by atoms with E-state index < -0.39 is 0 Å². The van der Waals surface area contributed by atoms with Gasteiger partial charge in [-0.05, 0) is 61.9 Å². The lowest BCUT2D eigenvalue weighted by molar-refractivity contribution is -0.117. The third kappa shape index (κ3) is 3.87. The molecule has 6 rings (SSSR count). The second kappa shape index (κ2) is 8.47. The number of carbonyl (C=O) groups is 2. The van der Waals surface area contributed by atoms with Crippen LogP contribution in [-0.2, 0) is 4.79 Å². The minimum atomic E-state index is -0.305. The van der Waals surface area contributed by atoms with Crippen LogP contribution >= 0.6 is 0 Å². The first kappa shape index (κ1) is 20.7. The van der Waals surface area contributed by atoms with E-state index in [0.717, 1.165) is 48.2 Å². The van der Waals surface area contributed by atoms with Gasteiger partial charge >= 0.3 is 0 Å². The highest BCUT2D eigenvalue weighted by Crippen LogP contribution is 2.48. The van der Waals surface area contributed by atoms with E-state index in [2.05, 4.69) is 49.7 Å². The van der Waals surface area contributed by atoms with E-state index in [1.54, 1.807) is 12.3 Å². The normalized spacial score (nSPS) is 21.0. The second-order valence-electron chi connectivity index (χ2n) is 9.19. The van der Waals surface area contributed by atoms with E-state index in [-0.39, 0.29) is 23.7 Å². The molecule has 2 fully saturated rings. The molecule has 2 atom stereocenters. The van der Waals surface area contributed by atoms with Crippen molar-refractivity contribution in [2.75, 3.05) is 25.0 Å². The molecule has 7 nitrogen and oxygen atoms in total. The summed E-state index contributed by atoms with van der Waals surface area (Å²) < 4.78 is 0. The summed E-state index contributed by atoms with van der Waals surface area (Å²) in [4.78, 5) is 31.3. The first-order chi connectivity index (χ1) is 16.7. The lowest BCUT2D eigenvalue weighted by Gasteiger charge is -2.08. The Balaban J connectivity index is 1.28. The number of nitrogens with zero attached hydrogens (tertiary/aromatic N) is 2. The van der Waals surface area contributed by atoms with Crippen LogP contribution in [0.1, 0.15) is 52.4 Å². The topological polar surface area (TPSA) is 89.6 Å². The number of H-pyrrole nitrogens is 1. The molecule has 2 aliphatic heterocycles. The summed E-state index contributed by atoms with van der Waals surface area (Å²) >= 11 is 0. The number of hydrogen-bond donors (Lipinski definition) is 3. The lowest BCUT2D eigenvalue weighted by atomic mass is 10.0. The van der Waals surface area contributed by atoms with Gasteiger partial charge in [-0.1, -0.05) is 36.3 Å². The number of aromatic amines is 1. The second-order valence-corrected chi connectivity index (χ2v) is 9.19. The lowest BCUT2D eigenvalue weighted by Crippen LogP contribution is -2.19. The summed E-state index contributed by atoms with van der Waals surface area (Å²) in [6.45, 7) is 2.90. The van der Waals surface area contributed by atoms with Crippen LogP contribution in [-0.4, -0.2) is 47.5 Å². The van der Waals surface area contributed by atoms with Gasteiger partial charge in [0.15, 0.2) is 0 Å². The molecule has 7 heteroatoms. The van der Waals surface area contributed by atoms with Crippen LogP contribution in [0.25, 0.3) is 10.9 Å². The molecule has 3 N–H and O–H groups in total. The van der Waals surface area contributed by atoms with Gasteiger partial charge in [-0.2, -0.15) is 5.10 Å². The zero-order valence-electron chi connectivity index (χ0n) is 18.7. The molecule has 3 heterocycles. The SMILES string of the molecule is O=C1NN=Cc2c(C#CCN3CCCC3)[nH]c3cc(NC(=O)C4CC4c4ccccc4)cc1c23. The average molecular weight is 452 g/mol. The molecule has 170 valence electrons. The molecule has 1 aromatic heterocycles. The van der Waals surface area contributed by atoms with Crippen molar-refractivity contribution in [3.63, 3.8) is 0 Å². The highest BCUT2D eigenvalue weighted by Gasteiger charge is 2.43. The monoisotopic (exact) mass is 451 g/mol. The number of carbonyl (C=O) groups excluding carboxylic acids is 2. The van der Waals surface area contributed by atoms with Gasteiger partial charge in [0.1, 0.15) is 0 Å². The van der Waals surface area contributed by atoms with Crippen molar-refractivity contribution in [1.29, 1.82) is 0 Å². The van der Waals surface area contributed by atoms with Crippen molar-refractivity contribution < 1.29 is 9.59 Å². The van der Waals surface area contributed by atoms with Crippen molar-refractivity contribution in [1.82, 2.24) is 15.3 Å². The molecule has 3 aromatic rings. The number of nitrogens with one attached hydrogen (secondary N) is 3. The minimum absolute atomic E-state index is 0.0249. The van der Waals surface area contributed by atoms with Crippen LogP contribution < -0.4 is 10.7 Å². The molecule has 2 unspecified atom stereocenters. The number of hydrazone groups is 1. The molecule has 1 aliphatic carbocycles. The smallest absolute Gasteiger partial charge is 0.272 e. The maximum absolute atomic E-state index is 12.9. The third-order valence-electron chi connectivity index (χ3n) is 6.88. The van der Waals surface area contributed by atoms with Gasteiger partial charge in [-0.15, -0.1) is 0 Å². The van der Waals surface area contributed by atoms with Crippen molar-refractivity contribution in [3.05, 3.63) is 64.8 Å². The fraction of sp³-hybridized carbons (Fsp3) is 0.296. The Morgan fingerprint density at radius 2 is 2.00 bits per heavy atom. The number of rotatable bonds is 4. The van der Waals surface area contributed by atoms with E-state index in [0.29, 0.717) is 11.3 Å². The van der Waals surface area contributed by atoms with Gasteiger partial charge in [0.25, 0.3) is 5.91 Å². The Hall–Kier alpha value is -3.89. The first-order valence-corrected chi connectivity index (χ1v) is 11.8. The quantitative estimate of drug-likeness (QED) is 0.531. The van der Waals surface area contributed by atoms with Crippen LogP contribution in [0.5, 0.6) is 0 Å². The van der Waals surface area contributed by atoms with Crippen LogP contribution in [0.2, 0.25) is 0 Å². The zero-order valence-corrected chi connectivity index (χ0v) is 18.7. The summed E-state index contributed by atoms with van der Waals surface area (Å²) in [6.07, 6.45) is 4.93. The van der Waals surface area contributed by atoms with E-state index in [1.807, 2.05) is 24.3 Å². The molecule has 0 spiro atoms. The van der Waals surface area contributed by atoms with Gasteiger partial charge in [0.2, 0.25) is 5.91 Å². The van der Waals surface area contributed by atoms with Crippen LogP contribution in [0, 0.1) is 17.8 Å². The maximum atomic E-state index is 12.9. The van der Waals surface area contributed by atoms with Gasteiger partial charge in [-0.3, -0.25) is 14.5 Å². The van der Waals surface area contributed by atoms with E-state index in [1.165, 1.54) is 18.4 Å². The molecule has 34 heavy (non-hydrogen) atoms. The molecule has 3 aliphatic rings. The largest absolute Gasteiger partial charge is 0.347 e. The summed E-state index contributed by atoms with van der Waals surface area (Å²) in [7, 11) is 0. The van der Waals surface area contributed by atoms with Crippen molar-refractivity contribution in [2.24, 2.45) is 11.0 Å². The maximum Gasteiger partial charge on any atom is 0.272 e. The third-order valence-corrected chi connectivity index (χ3v) is 6.88. The highest BCUT2D eigenvalue weighted by atomic mass is 16.2. The standard InChI is InChI=1S/C27H25N5O2/c33-26(20-15-19(20)17-7-2-1-3-8-17)29-18-13-21-25-22(16-28-31-27(21)34)23(30-24(25)14-18)9-6-12-32-10-4-5-11-32/h1-3,7-8,13-14,16,19-20,30H,4-5,10-12,15H2,(H,29,33)(H,31,34). The van der Waals surface area contributed by atoms with Crippen molar-refractivity contribution >= 4 is 34.6 Å². The predicted molar refractivity (Wildman–Crippen MR) is 132 cm³/mol. The predicted octanol–water partition coefficient (Wildman–Crippen LogP) is 3.43. The average Bonchev–Trinajstić information content (AvgIpc) is 3.40. The van der Waals surface area contributed by atoms with Crippen LogP contribution in [0.3, 0.4) is 0 Å². The number of likely N-dealkylation sites (tertiary alicyclic amines) is 1. The Morgan fingerprint density at radius 3 is 2.82 bits per heavy atom. The molecule has 2 amide bonds. The summed E-state index contributed by atoms with van der Waals surface area (Å²) in [5.41, 5.74) is 7.08. The fourth-order valence-electron chi connectivity index (χ4n) is 5.02. The molecular weight excluding hydrogens is 426 g/mol. The molecule has 1 saturated heterocycles.